The highest BCUT2D eigenvalue weighted by molar-refractivity contribution is 7.93. The molecule has 1 fully saturated rings. The Hall–Kier alpha value is -2.05. The van der Waals surface area contributed by atoms with E-state index in [1.54, 1.807) is 0 Å². The number of rotatable bonds is 5. The molecule has 9 heteroatoms. The first-order valence-corrected chi connectivity index (χ1v) is 9.07. The fourth-order valence-corrected chi connectivity index (χ4v) is 5.38. The summed E-state index contributed by atoms with van der Waals surface area (Å²) in [5, 5.41) is 20.2. The summed E-state index contributed by atoms with van der Waals surface area (Å²) >= 11 is 0. The molecule has 130 valence electrons. The first-order valence-electron chi connectivity index (χ1n) is 7.41. The van der Waals surface area contributed by atoms with E-state index in [-0.39, 0.29) is 24.1 Å². The number of halogens is 1. The Morgan fingerprint density at radius 1 is 1.46 bits per heavy atom. The Labute approximate surface area is 139 Å². The molecule has 0 bridgehead atoms. The van der Waals surface area contributed by atoms with Crippen LogP contribution in [-0.2, 0) is 15.4 Å². The molecule has 1 saturated carbocycles. The van der Waals surface area contributed by atoms with Gasteiger partial charge in [-0.05, 0) is 25.8 Å². The van der Waals surface area contributed by atoms with Gasteiger partial charge in [0.2, 0.25) is 0 Å². The minimum absolute atomic E-state index is 0.222. The van der Waals surface area contributed by atoms with Crippen molar-refractivity contribution < 1.29 is 17.7 Å². The van der Waals surface area contributed by atoms with Crippen LogP contribution in [0.3, 0.4) is 0 Å². The van der Waals surface area contributed by atoms with E-state index in [9.17, 15) is 28.2 Å². The number of nitrogens with zero attached hydrogens (tertiary/aromatic N) is 2. The van der Waals surface area contributed by atoms with E-state index in [0.717, 1.165) is 18.2 Å². The van der Waals surface area contributed by atoms with Crippen molar-refractivity contribution >= 4 is 15.5 Å². The predicted molar refractivity (Wildman–Crippen MR) is 85.2 cm³/mol. The van der Waals surface area contributed by atoms with E-state index in [2.05, 4.69) is 0 Å². The van der Waals surface area contributed by atoms with Crippen LogP contribution in [0.1, 0.15) is 38.2 Å². The van der Waals surface area contributed by atoms with Gasteiger partial charge in [-0.3, -0.25) is 10.1 Å². The average molecular weight is 355 g/mol. The third kappa shape index (κ3) is 3.12. The van der Waals surface area contributed by atoms with E-state index in [1.165, 1.54) is 6.92 Å². The number of nitriles is 1. The lowest BCUT2D eigenvalue weighted by molar-refractivity contribution is -0.385. The summed E-state index contributed by atoms with van der Waals surface area (Å²) in [6.07, 6.45) is 1.69. The standard InChI is InChI=1S/C15H18FN3O4S/c1-14(18,12-8-11(19(20)21)4-5-13(12)16)10-24(22,23)15(9-17)6-2-3-7-15/h4-5,8H,2-3,6-7,10,18H2,1H3/t14-/m0/s1. The highest BCUT2D eigenvalue weighted by atomic mass is 32.2. The average Bonchev–Trinajstić information content (AvgIpc) is 2.96. The number of nitro groups is 1. The molecule has 0 radical (unpaired) electrons. The number of hydrogen-bond acceptors (Lipinski definition) is 6. The van der Waals surface area contributed by atoms with Gasteiger partial charge in [0, 0.05) is 17.7 Å². The molecule has 0 saturated heterocycles. The molecule has 7 nitrogen and oxygen atoms in total. The Balaban J connectivity index is 2.43. The van der Waals surface area contributed by atoms with E-state index in [1.807, 2.05) is 6.07 Å². The molecule has 2 rings (SSSR count). The van der Waals surface area contributed by atoms with Crippen LogP contribution in [0.25, 0.3) is 0 Å². The summed E-state index contributed by atoms with van der Waals surface area (Å²) in [5.41, 5.74) is 3.69. The fraction of sp³-hybridized carbons (Fsp3) is 0.533. The van der Waals surface area contributed by atoms with Gasteiger partial charge < -0.3 is 5.73 Å². The van der Waals surface area contributed by atoms with E-state index < -0.39 is 36.6 Å². The Morgan fingerprint density at radius 2 is 2.04 bits per heavy atom. The first kappa shape index (κ1) is 18.3. The van der Waals surface area contributed by atoms with E-state index in [0.29, 0.717) is 12.8 Å². The molecule has 0 amide bonds. The van der Waals surface area contributed by atoms with Gasteiger partial charge in [-0.2, -0.15) is 5.26 Å². The van der Waals surface area contributed by atoms with Gasteiger partial charge >= 0.3 is 0 Å². The number of nitro benzene ring substituents is 1. The van der Waals surface area contributed by atoms with Crippen LogP contribution in [0.4, 0.5) is 10.1 Å². The van der Waals surface area contributed by atoms with Crippen molar-refractivity contribution in [3.63, 3.8) is 0 Å². The molecule has 0 spiro atoms. The fourth-order valence-electron chi connectivity index (χ4n) is 3.11. The van der Waals surface area contributed by atoms with Crippen molar-refractivity contribution in [3.8, 4) is 6.07 Å². The van der Waals surface area contributed by atoms with Crippen LogP contribution >= 0.6 is 0 Å². The second-order valence-corrected chi connectivity index (χ2v) is 8.71. The molecule has 24 heavy (non-hydrogen) atoms. The first-order chi connectivity index (χ1) is 11.0. The van der Waals surface area contributed by atoms with Gasteiger partial charge in [0.05, 0.1) is 22.3 Å². The predicted octanol–water partition coefficient (Wildman–Crippen LogP) is 2.16. The molecule has 0 unspecified atom stereocenters. The van der Waals surface area contributed by atoms with Crippen molar-refractivity contribution in [1.82, 2.24) is 0 Å². The number of hydrogen-bond donors (Lipinski definition) is 1. The lowest BCUT2D eigenvalue weighted by Crippen LogP contribution is -2.47. The minimum atomic E-state index is -3.95. The van der Waals surface area contributed by atoms with Gasteiger partial charge in [0.1, 0.15) is 5.82 Å². The summed E-state index contributed by atoms with van der Waals surface area (Å²) in [5.74, 6) is -1.48. The summed E-state index contributed by atoms with van der Waals surface area (Å²) in [4.78, 5) is 10.2. The SMILES string of the molecule is C[C@](N)(CS(=O)(=O)C1(C#N)CCCC1)c1cc([N+](=O)[O-])ccc1F. The molecule has 0 aliphatic heterocycles. The van der Waals surface area contributed by atoms with Crippen LogP contribution in [0, 0.1) is 27.3 Å². The highest BCUT2D eigenvalue weighted by Crippen LogP contribution is 2.39. The summed E-state index contributed by atoms with van der Waals surface area (Å²) < 4.78 is 38.1. The van der Waals surface area contributed by atoms with E-state index in [4.69, 9.17) is 5.73 Å². The van der Waals surface area contributed by atoms with Crippen molar-refractivity contribution in [2.45, 2.75) is 42.9 Å². The largest absolute Gasteiger partial charge is 0.321 e. The number of sulfone groups is 1. The summed E-state index contributed by atoms with van der Waals surface area (Å²) in [6.45, 7) is 1.30. The van der Waals surface area contributed by atoms with Crippen LogP contribution in [0.15, 0.2) is 18.2 Å². The lowest BCUT2D eigenvalue weighted by atomic mass is 9.94. The maximum Gasteiger partial charge on any atom is 0.269 e. The van der Waals surface area contributed by atoms with Crippen molar-refractivity contribution in [1.29, 1.82) is 5.26 Å². The zero-order valence-electron chi connectivity index (χ0n) is 13.2. The molecule has 1 aliphatic carbocycles. The van der Waals surface area contributed by atoms with Crippen molar-refractivity contribution in [3.05, 3.63) is 39.7 Å². The lowest BCUT2D eigenvalue weighted by Gasteiger charge is -2.30. The number of non-ortho nitro benzene ring substituents is 1. The monoisotopic (exact) mass is 355 g/mol. The van der Waals surface area contributed by atoms with Crippen molar-refractivity contribution in [2.24, 2.45) is 5.73 Å². The molecule has 1 atom stereocenters. The molecule has 2 N–H and O–H groups in total. The number of benzene rings is 1. The summed E-state index contributed by atoms with van der Waals surface area (Å²) in [6, 6.07) is 4.71. The quantitative estimate of drug-likeness (QED) is 0.637. The van der Waals surface area contributed by atoms with Crippen LogP contribution in [0.2, 0.25) is 0 Å². The van der Waals surface area contributed by atoms with Crippen LogP contribution < -0.4 is 5.73 Å². The third-order valence-electron chi connectivity index (χ3n) is 4.48. The smallest absolute Gasteiger partial charge is 0.269 e. The minimum Gasteiger partial charge on any atom is -0.321 e. The Bertz CT molecular complexity index is 808. The zero-order valence-corrected chi connectivity index (χ0v) is 14.0. The molecule has 1 aromatic rings. The molecule has 0 aromatic heterocycles. The van der Waals surface area contributed by atoms with Crippen molar-refractivity contribution in [2.75, 3.05) is 5.75 Å². The Morgan fingerprint density at radius 3 is 2.54 bits per heavy atom. The molecular weight excluding hydrogens is 337 g/mol. The molecule has 0 heterocycles. The van der Waals surface area contributed by atoms with Gasteiger partial charge in [0.25, 0.3) is 5.69 Å². The maximum atomic E-state index is 14.1. The maximum absolute atomic E-state index is 14.1. The normalized spacial score (nSPS) is 19.4. The molecule has 1 aromatic carbocycles. The highest BCUT2D eigenvalue weighted by Gasteiger charge is 2.49. The third-order valence-corrected chi connectivity index (χ3v) is 7.15. The Kier molecular flexibility index (Phi) is 4.65. The van der Waals surface area contributed by atoms with E-state index >= 15 is 0 Å². The number of nitrogens with two attached hydrogens (primary N) is 1. The van der Waals surface area contributed by atoms with Gasteiger partial charge in [-0.25, -0.2) is 12.8 Å². The van der Waals surface area contributed by atoms with Crippen LogP contribution in [-0.4, -0.2) is 23.8 Å². The zero-order chi connectivity index (χ0) is 18.2. The topological polar surface area (TPSA) is 127 Å². The molecular formula is C15H18FN3O4S. The second kappa shape index (κ2) is 6.11. The van der Waals surface area contributed by atoms with Gasteiger partial charge in [-0.1, -0.05) is 12.8 Å². The van der Waals surface area contributed by atoms with Gasteiger partial charge in [0.15, 0.2) is 14.6 Å². The molecule has 1 aliphatic rings. The van der Waals surface area contributed by atoms with Gasteiger partial charge in [-0.15, -0.1) is 0 Å². The summed E-state index contributed by atoms with van der Waals surface area (Å²) in [7, 11) is -3.95. The van der Waals surface area contributed by atoms with Crippen LogP contribution in [0.5, 0.6) is 0 Å². The second-order valence-electron chi connectivity index (χ2n) is 6.41.